The van der Waals surface area contributed by atoms with Gasteiger partial charge in [0.05, 0.1) is 6.10 Å². The van der Waals surface area contributed by atoms with Gasteiger partial charge in [-0.15, -0.1) is 24.0 Å². The van der Waals surface area contributed by atoms with E-state index in [4.69, 9.17) is 4.74 Å². The number of hydrogen-bond acceptors (Lipinski definition) is 3. The van der Waals surface area contributed by atoms with Gasteiger partial charge in [-0.1, -0.05) is 30.3 Å². The van der Waals surface area contributed by atoms with E-state index in [1.54, 1.807) is 0 Å². The maximum absolute atomic E-state index is 5.64. The van der Waals surface area contributed by atoms with E-state index in [-0.39, 0.29) is 24.0 Å². The number of ether oxygens (including phenoxy) is 1. The first-order valence-electron chi connectivity index (χ1n) is 8.45. The lowest BCUT2D eigenvalue weighted by molar-refractivity contribution is 0.113. The van der Waals surface area contributed by atoms with Crippen molar-refractivity contribution in [3.8, 4) is 0 Å². The summed E-state index contributed by atoms with van der Waals surface area (Å²) in [4.78, 5) is 6.56. The zero-order valence-corrected chi connectivity index (χ0v) is 17.3. The van der Waals surface area contributed by atoms with Crippen molar-refractivity contribution in [1.29, 1.82) is 0 Å². The van der Waals surface area contributed by atoms with E-state index in [9.17, 15) is 0 Å². The molecule has 0 radical (unpaired) electrons. The molecule has 0 spiro atoms. The summed E-state index contributed by atoms with van der Waals surface area (Å²) in [5.74, 6) is 0.848. The van der Waals surface area contributed by atoms with Gasteiger partial charge in [-0.25, -0.2) is 0 Å². The van der Waals surface area contributed by atoms with Crippen molar-refractivity contribution >= 4 is 29.9 Å². The standard InChI is InChI=1S/C18H30N4O.HI/c1-19-18(21-14-17-10-7-11-23-17)20-13-16(22(2)3)12-15-8-5-4-6-9-15;/h4-6,8-9,16-17H,7,10-14H2,1-3H3,(H2,19,20,21);1H. The average Bonchev–Trinajstić information content (AvgIpc) is 3.08. The number of rotatable bonds is 7. The molecular weight excluding hydrogens is 415 g/mol. The topological polar surface area (TPSA) is 48.9 Å². The fraction of sp³-hybridized carbons (Fsp3) is 0.611. The van der Waals surface area contributed by atoms with Crippen molar-refractivity contribution in [3.05, 3.63) is 35.9 Å². The molecule has 136 valence electrons. The number of benzene rings is 1. The maximum atomic E-state index is 5.64. The Hall–Kier alpha value is -0.860. The van der Waals surface area contributed by atoms with Crippen LogP contribution >= 0.6 is 24.0 Å². The van der Waals surface area contributed by atoms with Gasteiger partial charge in [0.25, 0.3) is 0 Å². The maximum Gasteiger partial charge on any atom is 0.191 e. The predicted molar refractivity (Wildman–Crippen MR) is 111 cm³/mol. The fourth-order valence-electron chi connectivity index (χ4n) is 2.77. The highest BCUT2D eigenvalue weighted by molar-refractivity contribution is 14.0. The molecule has 1 aromatic carbocycles. The summed E-state index contributed by atoms with van der Waals surface area (Å²) in [6.45, 7) is 2.57. The van der Waals surface area contributed by atoms with Crippen LogP contribution in [0, 0.1) is 0 Å². The third kappa shape index (κ3) is 7.36. The molecule has 6 heteroatoms. The molecule has 5 nitrogen and oxygen atoms in total. The van der Waals surface area contributed by atoms with Crippen molar-refractivity contribution in [3.63, 3.8) is 0 Å². The van der Waals surface area contributed by atoms with Gasteiger partial charge >= 0.3 is 0 Å². The van der Waals surface area contributed by atoms with Gasteiger partial charge in [-0.3, -0.25) is 4.99 Å². The van der Waals surface area contributed by atoms with Gasteiger partial charge in [-0.2, -0.15) is 0 Å². The zero-order valence-electron chi connectivity index (χ0n) is 15.0. The van der Waals surface area contributed by atoms with Crippen LogP contribution in [0.25, 0.3) is 0 Å². The van der Waals surface area contributed by atoms with E-state index in [1.165, 1.54) is 5.56 Å². The second-order valence-electron chi connectivity index (χ2n) is 6.28. The number of hydrogen-bond donors (Lipinski definition) is 2. The molecule has 0 aliphatic carbocycles. The Morgan fingerprint density at radius 2 is 2.04 bits per heavy atom. The molecular formula is C18H31IN4O. The molecule has 0 saturated carbocycles. The van der Waals surface area contributed by atoms with E-state index in [0.717, 1.165) is 44.9 Å². The number of nitrogens with zero attached hydrogens (tertiary/aromatic N) is 2. The number of guanidine groups is 1. The first kappa shape index (κ1) is 21.2. The molecule has 1 aliphatic rings. The van der Waals surface area contributed by atoms with Gasteiger partial charge in [0, 0.05) is 32.8 Å². The predicted octanol–water partition coefficient (Wildman–Crippen LogP) is 2.12. The Balaban J connectivity index is 0.00000288. The van der Waals surface area contributed by atoms with Gasteiger partial charge in [0.2, 0.25) is 0 Å². The number of aliphatic imine (C=N–C) groups is 1. The number of likely N-dealkylation sites (N-methyl/N-ethyl adjacent to an activating group) is 1. The van der Waals surface area contributed by atoms with Crippen molar-refractivity contribution in [1.82, 2.24) is 15.5 Å². The minimum Gasteiger partial charge on any atom is -0.376 e. The average molecular weight is 446 g/mol. The Kier molecular flexibility index (Phi) is 10.3. The molecule has 1 saturated heterocycles. The van der Waals surface area contributed by atoms with E-state index in [2.05, 4.69) is 65.0 Å². The molecule has 1 fully saturated rings. The largest absolute Gasteiger partial charge is 0.376 e. The van der Waals surface area contributed by atoms with E-state index >= 15 is 0 Å². The van der Waals surface area contributed by atoms with E-state index in [1.807, 2.05) is 7.05 Å². The number of halogens is 1. The van der Waals surface area contributed by atoms with Gasteiger partial charge in [0.1, 0.15) is 0 Å². The lowest BCUT2D eigenvalue weighted by atomic mass is 10.1. The Bertz CT molecular complexity index is 475. The van der Waals surface area contributed by atoms with Crippen LogP contribution in [0.15, 0.2) is 35.3 Å². The summed E-state index contributed by atoms with van der Waals surface area (Å²) >= 11 is 0. The lowest BCUT2D eigenvalue weighted by Crippen LogP contribution is -2.47. The summed E-state index contributed by atoms with van der Waals surface area (Å²) < 4.78 is 5.64. The highest BCUT2D eigenvalue weighted by Crippen LogP contribution is 2.10. The Morgan fingerprint density at radius 1 is 1.29 bits per heavy atom. The summed E-state index contributed by atoms with van der Waals surface area (Å²) in [5, 5.41) is 6.80. The quantitative estimate of drug-likeness (QED) is 0.383. The Labute approximate surface area is 163 Å². The first-order chi connectivity index (χ1) is 11.2. The highest BCUT2D eigenvalue weighted by atomic mass is 127. The van der Waals surface area contributed by atoms with Crippen LogP contribution in [0.1, 0.15) is 18.4 Å². The molecule has 2 unspecified atom stereocenters. The van der Waals surface area contributed by atoms with E-state index < -0.39 is 0 Å². The van der Waals surface area contributed by atoms with Gasteiger partial charge in [0.15, 0.2) is 5.96 Å². The second kappa shape index (κ2) is 11.7. The second-order valence-corrected chi connectivity index (χ2v) is 6.28. The minimum atomic E-state index is 0. The molecule has 2 N–H and O–H groups in total. The third-order valence-electron chi connectivity index (χ3n) is 4.29. The van der Waals surface area contributed by atoms with Crippen molar-refractivity contribution in [2.75, 3.05) is 40.8 Å². The summed E-state index contributed by atoms with van der Waals surface area (Å²) in [7, 11) is 6.06. The normalized spacial score (nSPS) is 19.0. The first-order valence-corrected chi connectivity index (χ1v) is 8.45. The molecule has 2 rings (SSSR count). The highest BCUT2D eigenvalue weighted by Gasteiger charge is 2.16. The molecule has 1 heterocycles. The molecule has 1 aliphatic heterocycles. The minimum absolute atomic E-state index is 0. The van der Waals surface area contributed by atoms with Crippen LogP contribution < -0.4 is 10.6 Å². The number of nitrogens with one attached hydrogen (secondary N) is 2. The van der Waals surface area contributed by atoms with Gasteiger partial charge in [-0.05, 0) is 38.9 Å². The molecule has 0 amide bonds. The van der Waals surface area contributed by atoms with Crippen molar-refractivity contribution in [2.45, 2.75) is 31.4 Å². The van der Waals surface area contributed by atoms with Crippen LogP contribution in [0.2, 0.25) is 0 Å². The van der Waals surface area contributed by atoms with Crippen LogP contribution in [0.5, 0.6) is 0 Å². The van der Waals surface area contributed by atoms with Crippen molar-refractivity contribution < 1.29 is 4.74 Å². The van der Waals surface area contributed by atoms with Crippen LogP contribution in [-0.2, 0) is 11.2 Å². The molecule has 24 heavy (non-hydrogen) atoms. The van der Waals surface area contributed by atoms with E-state index in [0.29, 0.717) is 12.1 Å². The SMILES string of the molecule is CN=C(NCC1CCCO1)NCC(Cc1ccccc1)N(C)C.I. The zero-order chi connectivity index (χ0) is 16.5. The van der Waals surface area contributed by atoms with Crippen LogP contribution in [-0.4, -0.2) is 63.8 Å². The summed E-state index contributed by atoms with van der Waals surface area (Å²) in [6.07, 6.45) is 3.64. The fourth-order valence-corrected chi connectivity index (χ4v) is 2.77. The third-order valence-corrected chi connectivity index (χ3v) is 4.29. The monoisotopic (exact) mass is 446 g/mol. The molecule has 0 bridgehead atoms. The molecule has 1 aromatic rings. The molecule has 0 aromatic heterocycles. The van der Waals surface area contributed by atoms with Gasteiger partial charge < -0.3 is 20.3 Å². The lowest BCUT2D eigenvalue weighted by Gasteiger charge is -2.26. The smallest absolute Gasteiger partial charge is 0.191 e. The van der Waals surface area contributed by atoms with Crippen LogP contribution in [0.3, 0.4) is 0 Å². The van der Waals surface area contributed by atoms with Crippen molar-refractivity contribution in [2.24, 2.45) is 4.99 Å². The van der Waals surface area contributed by atoms with Crippen LogP contribution in [0.4, 0.5) is 0 Å². The summed E-state index contributed by atoms with van der Waals surface area (Å²) in [5.41, 5.74) is 1.36. The Morgan fingerprint density at radius 3 is 2.62 bits per heavy atom. The summed E-state index contributed by atoms with van der Waals surface area (Å²) in [6, 6.07) is 11.0. The molecule has 2 atom stereocenters.